The van der Waals surface area contributed by atoms with Crippen LogP contribution in [0, 0.1) is 5.41 Å². The van der Waals surface area contributed by atoms with Gasteiger partial charge in [-0.1, -0.05) is 25.4 Å². The van der Waals surface area contributed by atoms with Crippen molar-refractivity contribution in [3.05, 3.63) is 0 Å². The SMILES string of the molecule is CCOCC(C)OCCCCC(C)(C)C(N)=NO. The van der Waals surface area contributed by atoms with Crippen molar-refractivity contribution >= 4 is 5.84 Å². The molecule has 0 radical (unpaired) electrons. The highest BCUT2D eigenvalue weighted by Crippen LogP contribution is 2.23. The molecule has 0 saturated carbocycles. The Balaban J connectivity index is 3.62. The second-order valence-corrected chi connectivity index (χ2v) is 5.17. The number of oxime groups is 1. The highest BCUT2D eigenvalue weighted by molar-refractivity contribution is 5.85. The summed E-state index contributed by atoms with van der Waals surface area (Å²) >= 11 is 0. The van der Waals surface area contributed by atoms with Gasteiger partial charge in [0.15, 0.2) is 0 Å². The van der Waals surface area contributed by atoms with E-state index in [-0.39, 0.29) is 17.4 Å². The summed E-state index contributed by atoms with van der Waals surface area (Å²) in [5, 5.41) is 11.7. The molecule has 1 unspecified atom stereocenters. The smallest absolute Gasteiger partial charge is 0.144 e. The Morgan fingerprint density at radius 1 is 1.39 bits per heavy atom. The minimum atomic E-state index is -0.258. The maximum absolute atomic E-state index is 8.65. The van der Waals surface area contributed by atoms with Gasteiger partial charge in [0, 0.05) is 18.6 Å². The van der Waals surface area contributed by atoms with Gasteiger partial charge in [0.05, 0.1) is 12.7 Å². The molecule has 0 aliphatic rings. The molecule has 0 heterocycles. The van der Waals surface area contributed by atoms with E-state index in [0.717, 1.165) is 32.5 Å². The van der Waals surface area contributed by atoms with Crippen molar-refractivity contribution in [1.82, 2.24) is 0 Å². The molecule has 5 nitrogen and oxygen atoms in total. The molecule has 1 atom stereocenters. The molecule has 0 aromatic rings. The minimum absolute atomic E-state index is 0.141. The second kappa shape index (κ2) is 9.16. The lowest BCUT2D eigenvalue weighted by atomic mass is 9.86. The van der Waals surface area contributed by atoms with E-state index >= 15 is 0 Å². The molecule has 0 saturated heterocycles. The van der Waals surface area contributed by atoms with Crippen molar-refractivity contribution in [2.24, 2.45) is 16.3 Å². The topological polar surface area (TPSA) is 77.1 Å². The first-order valence-corrected chi connectivity index (χ1v) is 6.61. The lowest BCUT2D eigenvalue weighted by molar-refractivity contribution is -0.00485. The van der Waals surface area contributed by atoms with Crippen LogP contribution in [0.5, 0.6) is 0 Å². The summed E-state index contributed by atoms with van der Waals surface area (Å²) in [6.45, 7) is 10.0. The van der Waals surface area contributed by atoms with Crippen molar-refractivity contribution < 1.29 is 14.7 Å². The van der Waals surface area contributed by atoms with Crippen LogP contribution in [0.1, 0.15) is 47.0 Å². The van der Waals surface area contributed by atoms with E-state index in [2.05, 4.69) is 5.16 Å². The van der Waals surface area contributed by atoms with E-state index in [1.54, 1.807) is 0 Å². The van der Waals surface area contributed by atoms with Gasteiger partial charge >= 0.3 is 0 Å². The van der Waals surface area contributed by atoms with Crippen molar-refractivity contribution in [2.45, 2.75) is 53.1 Å². The van der Waals surface area contributed by atoms with Crippen molar-refractivity contribution in [1.29, 1.82) is 0 Å². The first-order chi connectivity index (χ1) is 8.44. The second-order valence-electron chi connectivity index (χ2n) is 5.17. The minimum Gasteiger partial charge on any atom is -0.409 e. The molecule has 0 fully saturated rings. The van der Waals surface area contributed by atoms with E-state index in [1.165, 1.54) is 0 Å². The van der Waals surface area contributed by atoms with E-state index in [9.17, 15) is 0 Å². The number of hydrogen-bond acceptors (Lipinski definition) is 4. The van der Waals surface area contributed by atoms with Crippen LogP contribution in [0.25, 0.3) is 0 Å². The highest BCUT2D eigenvalue weighted by Gasteiger charge is 2.22. The summed E-state index contributed by atoms with van der Waals surface area (Å²) in [5.74, 6) is 0.285. The lowest BCUT2D eigenvalue weighted by Gasteiger charge is -2.22. The summed E-state index contributed by atoms with van der Waals surface area (Å²) in [5.41, 5.74) is 5.36. The molecule has 0 spiro atoms. The van der Waals surface area contributed by atoms with Gasteiger partial charge in [-0.15, -0.1) is 0 Å². The van der Waals surface area contributed by atoms with E-state index in [1.807, 2.05) is 27.7 Å². The van der Waals surface area contributed by atoms with Gasteiger partial charge in [-0.25, -0.2) is 0 Å². The molecule has 0 bridgehead atoms. The van der Waals surface area contributed by atoms with Gasteiger partial charge in [0.2, 0.25) is 0 Å². The Bertz CT molecular complexity index is 242. The van der Waals surface area contributed by atoms with Crippen LogP contribution in [0.3, 0.4) is 0 Å². The van der Waals surface area contributed by atoms with Crippen LogP contribution in [0.15, 0.2) is 5.16 Å². The van der Waals surface area contributed by atoms with Crippen LogP contribution in [0.2, 0.25) is 0 Å². The van der Waals surface area contributed by atoms with Gasteiger partial charge in [0.25, 0.3) is 0 Å². The van der Waals surface area contributed by atoms with Gasteiger partial charge in [0.1, 0.15) is 5.84 Å². The fourth-order valence-electron chi connectivity index (χ4n) is 1.55. The maximum atomic E-state index is 8.65. The Morgan fingerprint density at radius 2 is 2.06 bits per heavy atom. The number of hydrogen-bond donors (Lipinski definition) is 2. The molecule has 0 rings (SSSR count). The van der Waals surface area contributed by atoms with Crippen molar-refractivity contribution in [3.8, 4) is 0 Å². The molecule has 3 N–H and O–H groups in total. The molecular formula is C13H28N2O3. The largest absolute Gasteiger partial charge is 0.409 e. The van der Waals surface area contributed by atoms with Crippen molar-refractivity contribution in [2.75, 3.05) is 19.8 Å². The average Bonchev–Trinajstić information content (AvgIpc) is 2.34. The number of nitrogens with zero attached hydrogens (tertiary/aromatic N) is 1. The normalized spacial score (nSPS) is 14.8. The summed E-state index contributed by atoms with van der Waals surface area (Å²) in [7, 11) is 0. The summed E-state index contributed by atoms with van der Waals surface area (Å²) < 4.78 is 10.9. The maximum Gasteiger partial charge on any atom is 0.144 e. The van der Waals surface area contributed by atoms with E-state index in [0.29, 0.717) is 6.61 Å². The predicted octanol–water partition coefficient (Wildman–Crippen LogP) is 2.37. The molecule has 0 aromatic heterocycles. The van der Waals surface area contributed by atoms with E-state index < -0.39 is 0 Å². The van der Waals surface area contributed by atoms with Crippen LogP contribution in [-0.2, 0) is 9.47 Å². The highest BCUT2D eigenvalue weighted by atomic mass is 16.5. The Morgan fingerprint density at radius 3 is 2.61 bits per heavy atom. The molecule has 108 valence electrons. The van der Waals surface area contributed by atoms with Crippen LogP contribution < -0.4 is 5.73 Å². The first kappa shape index (κ1) is 17.2. The van der Waals surface area contributed by atoms with Gasteiger partial charge in [-0.2, -0.15) is 0 Å². The third kappa shape index (κ3) is 7.50. The number of amidine groups is 1. The molecule has 0 amide bonds. The fourth-order valence-corrected chi connectivity index (χ4v) is 1.55. The van der Waals surface area contributed by atoms with Gasteiger partial charge < -0.3 is 20.4 Å². The zero-order valence-electron chi connectivity index (χ0n) is 12.1. The number of ether oxygens (including phenoxy) is 2. The lowest BCUT2D eigenvalue weighted by Crippen LogP contribution is -2.31. The third-order valence-electron chi connectivity index (χ3n) is 2.96. The number of nitrogens with two attached hydrogens (primary N) is 1. The molecule has 0 aromatic carbocycles. The van der Waals surface area contributed by atoms with Gasteiger partial charge in [-0.3, -0.25) is 0 Å². The van der Waals surface area contributed by atoms with Crippen LogP contribution in [0.4, 0.5) is 0 Å². The summed E-state index contributed by atoms with van der Waals surface area (Å²) in [4.78, 5) is 0. The van der Waals surface area contributed by atoms with Crippen molar-refractivity contribution in [3.63, 3.8) is 0 Å². The molecule has 5 heteroatoms. The van der Waals surface area contributed by atoms with E-state index in [4.69, 9.17) is 20.4 Å². The Labute approximate surface area is 110 Å². The quantitative estimate of drug-likeness (QED) is 0.208. The average molecular weight is 260 g/mol. The zero-order chi connectivity index (χ0) is 14.0. The molecule has 0 aliphatic carbocycles. The zero-order valence-corrected chi connectivity index (χ0v) is 12.1. The summed E-state index contributed by atoms with van der Waals surface area (Å²) in [6.07, 6.45) is 2.98. The van der Waals surface area contributed by atoms with Crippen LogP contribution >= 0.6 is 0 Å². The Kier molecular flexibility index (Phi) is 8.75. The third-order valence-corrected chi connectivity index (χ3v) is 2.96. The van der Waals surface area contributed by atoms with Gasteiger partial charge in [-0.05, 0) is 26.7 Å². The first-order valence-electron chi connectivity index (χ1n) is 6.61. The number of unbranched alkanes of at least 4 members (excludes halogenated alkanes) is 1. The van der Waals surface area contributed by atoms with Crippen LogP contribution in [-0.4, -0.2) is 37.0 Å². The molecular weight excluding hydrogens is 232 g/mol. The molecule has 0 aliphatic heterocycles. The monoisotopic (exact) mass is 260 g/mol. The molecule has 18 heavy (non-hydrogen) atoms. The summed E-state index contributed by atoms with van der Waals surface area (Å²) in [6, 6.07) is 0. The fraction of sp³-hybridized carbons (Fsp3) is 0.923. The number of rotatable bonds is 10. The Hall–Kier alpha value is -0.810. The standard InChI is InChI=1S/C13H28N2O3/c1-5-17-10-11(2)18-9-7-6-8-13(3,4)12(14)15-16/h11,16H,5-10H2,1-4H3,(H2,14,15). The predicted molar refractivity (Wildman–Crippen MR) is 72.9 cm³/mol.